The molecule has 5 heterocycles. The summed E-state index contributed by atoms with van der Waals surface area (Å²) in [5, 5.41) is 6.56. The summed E-state index contributed by atoms with van der Waals surface area (Å²) in [6.45, 7) is 4.99. The monoisotopic (exact) mass is 437 g/mol. The second-order valence-corrected chi connectivity index (χ2v) is 9.02. The molecule has 0 atom stereocenters. The van der Waals surface area contributed by atoms with E-state index in [4.69, 9.17) is 0 Å². The van der Waals surface area contributed by atoms with E-state index in [-0.39, 0.29) is 5.91 Å². The lowest BCUT2D eigenvalue weighted by Gasteiger charge is -2.36. The van der Waals surface area contributed by atoms with Gasteiger partial charge in [0.1, 0.15) is 29.4 Å². The van der Waals surface area contributed by atoms with Crippen LogP contribution in [0.3, 0.4) is 0 Å². The van der Waals surface area contributed by atoms with E-state index >= 15 is 0 Å². The van der Waals surface area contributed by atoms with Crippen molar-refractivity contribution < 1.29 is 4.79 Å². The van der Waals surface area contributed by atoms with Crippen LogP contribution in [0, 0.1) is 0 Å². The van der Waals surface area contributed by atoms with Gasteiger partial charge in [0.05, 0.1) is 4.88 Å². The van der Waals surface area contributed by atoms with Crippen molar-refractivity contribution in [3.63, 3.8) is 0 Å². The smallest absolute Gasteiger partial charge is 0.272 e. The molecule has 0 radical (unpaired) electrons. The molecule has 1 amide bonds. The minimum atomic E-state index is 0.0362. The van der Waals surface area contributed by atoms with Crippen molar-refractivity contribution >= 4 is 28.9 Å². The van der Waals surface area contributed by atoms with Gasteiger partial charge in [0.15, 0.2) is 0 Å². The number of aromatic nitrogens is 4. The number of carbonyl (C=O) groups excluding carboxylic acids is 1. The molecule has 0 aliphatic carbocycles. The quantitative estimate of drug-likeness (QED) is 0.625. The van der Waals surface area contributed by atoms with E-state index in [0.717, 1.165) is 48.4 Å². The highest BCUT2D eigenvalue weighted by atomic mass is 32.1. The fourth-order valence-electron chi connectivity index (χ4n) is 4.32. The molecule has 0 spiro atoms. The fraction of sp³-hybridized carbons (Fsp3) is 0.455. The summed E-state index contributed by atoms with van der Waals surface area (Å²) in [6.07, 6.45) is 5.42. The Labute approximate surface area is 186 Å². The molecule has 0 saturated carbocycles. The lowest BCUT2D eigenvalue weighted by molar-refractivity contribution is 0.0735. The van der Waals surface area contributed by atoms with E-state index in [9.17, 15) is 4.79 Å². The van der Waals surface area contributed by atoms with Gasteiger partial charge in [-0.3, -0.25) is 9.48 Å². The normalized spacial score (nSPS) is 17.3. The molecule has 2 aliphatic heterocycles. The maximum Gasteiger partial charge on any atom is 0.272 e. The first-order chi connectivity index (χ1) is 15.2. The Kier molecular flexibility index (Phi) is 5.59. The molecular weight excluding hydrogens is 410 g/mol. The molecule has 31 heavy (non-hydrogen) atoms. The highest BCUT2D eigenvalue weighted by molar-refractivity contribution is 7.13. The van der Waals surface area contributed by atoms with Gasteiger partial charge in [0.2, 0.25) is 0 Å². The fourth-order valence-corrected chi connectivity index (χ4v) is 5.00. The number of piperidine rings is 1. The van der Waals surface area contributed by atoms with Crippen LogP contribution in [0.5, 0.6) is 0 Å². The van der Waals surface area contributed by atoms with Gasteiger partial charge in [0.25, 0.3) is 5.91 Å². The van der Waals surface area contributed by atoms with Crippen molar-refractivity contribution in [3.8, 4) is 10.6 Å². The van der Waals surface area contributed by atoms with Crippen molar-refractivity contribution in [3.05, 3.63) is 41.7 Å². The van der Waals surface area contributed by atoms with Crippen LogP contribution in [0.2, 0.25) is 0 Å². The van der Waals surface area contributed by atoms with E-state index in [2.05, 4.69) is 30.9 Å². The number of nitrogens with zero attached hydrogens (tertiary/aromatic N) is 7. The van der Waals surface area contributed by atoms with Crippen molar-refractivity contribution in [2.75, 3.05) is 49.1 Å². The zero-order chi connectivity index (χ0) is 21.2. The molecule has 0 bridgehead atoms. The van der Waals surface area contributed by atoms with Crippen LogP contribution < -0.4 is 9.80 Å². The Balaban J connectivity index is 1.24. The van der Waals surface area contributed by atoms with Crippen LogP contribution in [0.1, 0.15) is 29.8 Å². The van der Waals surface area contributed by atoms with Crippen LogP contribution in [0.15, 0.2) is 36.0 Å². The molecule has 2 saturated heterocycles. The molecule has 2 fully saturated rings. The average molecular weight is 438 g/mol. The van der Waals surface area contributed by atoms with Crippen molar-refractivity contribution in [2.24, 2.45) is 7.05 Å². The Morgan fingerprint density at radius 1 is 0.935 bits per heavy atom. The molecule has 9 heteroatoms. The van der Waals surface area contributed by atoms with Crippen molar-refractivity contribution in [1.29, 1.82) is 0 Å². The average Bonchev–Trinajstić information content (AvgIpc) is 3.49. The van der Waals surface area contributed by atoms with Gasteiger partial charge in [0, 0.05) is 52.4 Å². The second kappa shape index (κ2) is 8.66. The first-order valence-corrected chi connectivity index (χ1v) is 11.8. The topological polar surface area (TPSA) is 70.4 Å². The molecule has 3 aromatic rings. The molecular formula is C22H27N7OS. The maximum absolute atomic E-state index is 13.1. The lowest BCUT2D eigenvalue weighted by atomic mass is 10.1. The standard InChI is InChI=1S/C22H27N7OS/c1-26-18(14-17(25-26)19-6-5-13-31-19)22(30)29-11-9-28(10-12-29)21-15-20(23-16-24-21)27-7-3-2-4-8-27/h5-6,13-16H,2-4,7-12H2,1H3. The summed E-state index contributed by atoms with van der Waals surface area (Å²) in [7, 11) is 1.84. The largest absolute Gasteiger partial charge is 0.356 e. The van der Waals surface area contributed by atoms with Gasteiger partial charge in [-0.05, 0) is 36.8 Å². The van der Waals surface area contributed by atoms with E-state index < -0.39 is 0 Å². The van der Waals surface area contributed by atoms with E-state index in [1.165, 1.54) is 19.3 Å². The van der Waals surface area contributed by atoms with Gasteiger partial charge < -0.3 is 14.7 Å². The Bertz CT molecular complexity index is 1030. The third kappa shape index (κ3) is 4.14. The summed E-state index contributed by atoms with van der Waals surface area (Å²) in [4.78, 5) is 29.7. The van der Waals surface area contributed by atoms with E-state index in [1.807, 2.05) is 35.5 Å². The van der Waals surface area contributed by atoms with Gasteiger partial charge in [-0.1, -0.05) is 6.07 Å². The molecule has 3 aromatic heterocycles. The highest BCUT2D eigenvalue weighted by Crippen LogP contribution is 2.25. The number of hydrogen-bond donors (Lipinski definition) is 0. The second-order valence-electron chi connectivity index (χ2n) is 8.08. The van der Waals surface area contributed by atoms with Gasteiger partial charge in [-0.15, -0.1) is 11.3 Å². The number of anilines is 2. The Hall–Kier alpha value is -2.94. The third-order valence-electron chi connectivity index (χ3n) is 6.08. The minimum Gasteiger partial charge on any atom is -0.356 e. The Morgan fingerprint density at radius 3 is 2.32 bits per heavy atom. The van der Waals surface area contributed by atoms with Crippen molar-refractivity contribution in [1.82, 2.24) is 24.6 Å². The summed E-state index contributed by atoms with van der Waals surface area (Å²) < 4.78 is 1.69. The van der Waals surface area contributed by atoms with Crippen LogP contribution in [-0.4, -0.2) is 69.8 Å². The number of hydrogen-bond acceptors (Lipinski definition) is 7. The van der Waals surface area contributed by atoms with E-state index in [0.29, 0.717) is 18.8 Å². The zero-order valence-corrected chi connectivity index (χ0v) is 18.6. The summed E-state index contributed by atoms with van der Waals surface area (Å²) in [6, 6.07) is 8.02. The van der Waals surface area contributed by atoms with Crippen LogP contribution in [-0.2, 0) is 7.05 Å². The molecule has 2 aliphatic rings. The van der Waals surface area contributed by atoms with Crippen LogP contribution >= 0.6 is 11.3 Å². The van der Waals surface area contributed by atoms with Gasteiger partial charge in [-0.2, -0.15) is 5.10 Å². The van der Waals surface area contributed by atoms with Gasteiger partial charge in [-0.25, -0.2) is 9.97 Å². The molecule has 0 unspecified atom stereocenters. The maximum atomic E-state index is 13.1. The third-order valence-corrected chi connectivity index (χ3v) is 6.97. The Morgan fingerprint density at radius 2 is 1.65 bits per heavy atom. The van der Waals surface area contributed by atoms with Crippen LogP contribution in [0.4, 0.5) is 11.6 Å². The first-order valence-electron chi connectivity index (χ1n) is 10.9. The molecule has 8 nitrogen and oxygen atoms in total. The predicted octanol–water partition coefficient (Wildman–Crippen LogP) is 2.89. The minimum absolute atomic E-state index is 0.0362. The number of piperazine rings is 1. The van der Waals surface area contributed by atoms with Crippen LogP contribution in [0.25, 0.3) is 10.6 Å². The number of aryl methyl sites for hydroxylation is 1. The SMILES string of the molecule is Cn1nc(-c2cccs2)cc1C(=O)N1CCN(c2cc(N3CCCCC3)ncn2)CC1. The summed E-state index contributed by atoms with van der Waals surface area (Å²) in [5.74, 6) is 2.00. The molecule has 0 aromatic carbocycles. The molecule has 162 valence electrons. The zero-order valence-electron chi connectivity index (χ0n) is 17.8. The molecule has 5 rings (SSSR count). The van der Waals surface area contributed by atoms with Gasteiger partial charge >= 0.3 is 0 Å². The predicted molar refractivity (Wildman–Crippen MR) is 123 cm³/mol. The molecule has 0 N–H and O–H groups in total. The van der Waals surface area contributed by atoms with E-state index in [1.54, 1.807) is 22.3 Å². The number of thiophene rings is 1. The summed E-state index contributed by atoms with van der Waals surface area (Å²) >= 11 is 1.63. The number of carbonyl (C=O) groups is 1. The highest BCUT2D eigenvalue weighted by Gasteiger charge is 2.26. The summed E-state index contributed by atoms with van der Waals surface area (Å²) in [5.41, 5.74) is 1.48. The number of amides is 1. The number of rotatable bonds is 4. The van der Waals surface area contributed by atoms with Crippen molar-refractivity contribution in [2.45, 2.75) is 19.3 Å². The lowest BCUT2D eigenvalue weighted by Crippen LogP contribution is -2.49. The first kappa shape index (κ1) is 20.0.